The van der Waals surface area contributed by atoms with Gasteiger partial charge in [0.2, 0.25) is 0 Å². The summed E-state index contributed by atoms with van der Waals surface area (Å²) in [7, 11) is 0. The molecule has 0 aromatic heterocycles. The summed E-state index contributed by atoms with van der Waals surface area (Å²) in [4.78, 5) is 0. The lowest BCUT2D eigenvalue weighted by Gasteiger charge is -2.17. The predicted molar refractivity (Wildman–Crippen MR) is 82.5 cm³/mol. The lowest BCUT2D eigenvalue weighted by molar-refractivity contribution is 0.248. The maximum Gasteiger partial charge on any atom is 0.0434 e. The molecule has 2 nitrogen and oxygen atoms in total. The van der Waals surface area contributed by atoms with E-state index >= 15 is 0 Å². The maximum absolute atomic E-state index is 9.07. The van der Waals surface area contributed by atoms with Crippen molar-refractivity contribution in [2.45, 2.75) is 53.5 Å². The number of aliphatic hydroxyl groups excluding tert-OH is 1. The number of hydrogen-bond donors (Lipinski definition) is 2. The minimum absolute atomic E-state index is 0.301. The van der Waals surface area contributed by atoms with Crippen LogP contribution in [0.15, 0.2) is 12.1 Å². The van der Waals surface area contributed by atoms with Crippen LogP contribution in [0.3, 0.4) is 0 Å². The van der Waals surface area contributed by atoms with Gasteiger partial charge < -0.3 is 10.4 Å². The van der Waals surface area contributed by atoms with Crippen LogP contribution in [0.2, 0.25) is 0 Å². The molecular weight excluding hydrogens is 234 g/mol. The Morgan fingerprint density at radius 1 is 1.11 bits per heavy atom. The maximum atomic E-state index is 9.07. The molecule has 0 saturated carbocycles. The second-order valence-corrected chi connectivity index (χ2v) is 5.68. The van der Waals surface area contributed by atoms with Gasteiger partial charge in [0.15, 0.2) is 0 Å². The molecular formula is C17H29NO. The smallest absolute Gasteiger partial charge is 0.0434 e. The van der Waals surface area contributed by atoms with Crippen molar-refractivity contribution in [1.82, 2.24) is 5.32 Å². The third kappa shape index (κ3) is 5.33. The van der Waals surface area contributed by atoms with Crippen molar-refractivity contribution < 1.29 is 5.11 Å². The molecule has 0 spiro atoms. The second-order valence-electron chi connectivity index (χ2n) is 5.68. The Hall–Kier alpha value is -0.860. The lowest BCUT2D eigenvalue weighted by atomic mass is 9.98. The molecule has 1 atom stereocenters. The van der Waals surface area contributed by atoms with Gasteiger partial charge in [0, 0.05) is 13.2 Å². The van der Waals surface area contributed by atoms with E-state index in [1.807, 2.05) is 0 Å². The summed E-state index contributed by atoms with van der Waals surface area (Å²) in [6.07, 6.45) is 3.29. The molecule has 108 valence electrons. The fourth-order valence-corrected chi connectivity index (χ4v) is 2.83. The molecule has 0 heterocycles. The number of benzene rings is 1. The van der Waals surface area contributed by atoms with Crippen molar-refractivity contribution in [2.24, 2.45) is 5.92 Å². The van der Waals surface area contributed by atoms with E-state index in [4.69, 9.17) is 5.11 Å². The van der Waals surface area contributed by atoms with Gasteiger partial charge in [-0.2, -0.15) is 0 Å². The molecule has 1 unspecified atom stereocenters. The fraction of sp³-hybridized carbons (Fsp3) is 0.647. The van der Waals surface area contributed by atoms with E-state index in [2.05, 4.69) is 45.1 Å². The summed E-state index contributed by atoms with van der Waals surface area (Å²) >= 11 is 0. The van der Waals surface area contributed by atoms with Crippen molar-refractivity contribution in [2.75, 3.05) is 13.2 Å². The third-order valence-electron chi connectivity index (χ3n) is 3.81. The summed E-state index contributed by atoms with van der Waals surface area (Å²) in [6, 6.07) is 4.50. The van der Waals surface area contributed by atoms with Gasteiger partial charge in [-0.3, -0.25) is 0 Å². The zero-order chi connectivity index (χ0) is 14.3. The van der Waals surface area contributed by atoms with Gasteiger partial charge in [-0.1, -0.05) is 31.0 Å². The van der Waals surface area contributed by atoms with Gasteiger partial charge in [0.1, 0.15) is 0 Å². The minimum atomic E-state index is 0.301. The minimum Gasteiger partial charge on any atom is -0.396 e. The molecule has 0 fully saturated rings. The number of aliphatic hydroxyl groups is 1. The summed E-state index contributed by atoms with van der Waals surface area (Å²) in [5.41, 5.74) is 5.51. The molecule has 19 heavy (non-hydrogen) atoms. The van der Waals surface area contributed by atoms with Crippen LogP contribution in [-0.4, -0.2) is 18.3 Å². The van der Waals surface area contributed by atoms with Crippen molar-refractivity contribution in [3.8, 4) is 0 Å². The predicted octanol–water partition coefficient (Wildman–Crippen LogP) is 3.50. The van der Waals surface area contributed by atoms with E-state index in [1.54, 1.807) is 0 Å². The molecule has 1 aromatic rings. The van der Waals surface area contributed by atoms with Crippen LogP contribution < -0.4 is 5.32 Å². The van der Waals surface area contributed by atoms with Gasteiger partial charge >= 0.3 is 0 Å². The van der Waals surface area contributed by atoms with Gasteiger partial charge in [-0.05, 0) is 62.8 Å². The third-order valence-corrected chi connectivity index (χ3v) is 3.81. The Morgan fingerprint density at radius 3 is 2.26 bits per heavy atom. The van der Waals surface area contributed by atoms with Crippen molar-refractivity contribution in [3.63, 3.8) is 0 Å². The monoisotopic (exact) mass is 263 g/mol. The summed E-state index contributed by atoms with van der Waals surface area (Å²) in [6.45, 7) is 11.0. The number of hydrogen-bond acceptors (Lipinski definition) is 2. The van der Waals surface area contributed by atoms with E-state index in [0.717, 1.165) is 19.5 Å². The molecule has 2 heteroatoms. The zero-order valence-electron chi connectivity index (χ0n) is 12.9. The Labute approximate surface area is 118 Å². The lowest BCUT2D eigenvalue weighted by Crippen LogP contribution is -2.24. The second kappa shape index (κ2) is 8.34. The standard InChI is InChI=1S/C17H29NO/c1-5-6-16(7-8-19)11-18-12-17-14(3)9-13(2)10-15(17)4/h9-10,16,18-19H,5-8,11-12H2,1-4H3. The Morgan fingerprint density at radius 2 is 1.74 bits per heavy atom. The van der Waals surface area contributed by atoms with E-state index in [0.29, 0.717) is 12.5 Å². The van der Waals surface area contributed by atoms with Gasteiger partial charge in [0.25, 0.3) is 0 Å². The van der Waals surface area contributed by atoms with E-state index < -0.39 is 0 Å². The summed E-state index contributed by atoms with van der Waals surface area (Å²) < 4.78 is 0. The average Bonchev–Trinajstić information content (AvgIpc) is 2.32. The average molecular weight is 263 g/mol. The summed E-state index contributed by atoms with van der Waals surface area (Å²) in [5, 5.41) is 12.6. The Balaban J connectivity index is 2.52. The molecule has 0 aliphatic heterocycles. The van der Waals surface area contributed by atoms with Crippen molar-refractivity contribution in [3.05, 3.63) is 34.4 Å². The molecule has 0 amide bonds. The highest BCUT2D eigenvalue weighted by Gasteiger charge is 2.08. The van der Waals surface area contributed by atoms with Crippen molar-refractivity contribution >= 4 is 0 Å². The molecule has 0 aliphatic rings. The van der Waals surface area contributed by atoms with Crippen LogP contribution in [0.4, 0.5) is 0 Å². The van der Waals surface area contributed by atoms with Gasteiger partial charge in [0.05, 0.1) is 0 Å². The van der Waals surface area contributed by atoms with E-state index in [9.17, 15) is 0 Å². The number of aryl methyl sites for hydroxylation is 3. The highest BCUT2D eigenvalue weighted by atomic mass is 16.3. The quantitative estimate of drug-likeness (QED) is 0.752. The molecule has 1 rings (SSSR count). The first-order valence-corrected chi connectivity index (χ1v) is 7.46. The fourth-order valence-electron chi connectivity index (χ4n) is 2.83. The highest BCUT2D eigenvalue weighted by Crippen LogP contribution is 2.16. The van der Waals surface area contributed by atoms with Crippen LogP contribution in [-0.2, 0) is 6.54 Å². The zero-order valence-corrected chi connectivity index (χ0v) is 12.9. The SMILES string of the molecule is CCCC(CCO)CNCc1c(C)cc(C)cc1C. The molecule has 2 N–H and O–H groups in total. The Bertz CT molecular complexity index is 358. The topological polar surface area (TPSA) is 32.3 Å². The van der Waals surface area contributed by atoms with Crippen LogP contribution in [0.5, 0.6) is 0 Å². The van der Waals surface area contributed by atoms with Crippen molar-refractivity contribution in [1.29, 1.82) is 0 Å². The van der Waals surface area contributed by atoms with Gasteiger partial charge in [-0.25, -0.2) is 0 Å². The molecule has 0 bridgehead atoms. The highest BCUT2D eigenvalue weighted by molar-refractivity contribution is 5.37. The summed E-state index contributed by atoms with van der Waals surface area (Å²) in [5.74, 6) is 0.598. The first kappa shape index (κ1) is 16.2. The normalized spacial score (nSPS) is 12.7. The van der Waals surface area contributed by atoms with Gasteiger partial charge in [-0.15, -0.1) is 0 Å². The number of rotatable bonds is 8. The van der Waals surface area contributed by atoms with E-state index in [-0.39, 0.29) is 0 Å². The van der Waals surface area contributed by atoms with Crippen LogP contribution in [0, 0.1) is 26.7 Å². The van der Waals surface area contributed by atoms with Crippen LogP contribution >= 0.6 is 0 Å². The molecule has 1 aromatic carbocycles. The molecule has 0 radical (unpaired) electrons. The van der Waals surface area contributed by atoms with Crippen LogP contribution in [0.25, 0.3) is 0 Å². The first-order chi connectivity index (χ1) is 9.08. The number of nitrogens with one attached hydrogen (secondary N) is 1. The Kier molecular flexibility index (Phi) is 7.11. The largest absolute Gasteiger partial charge is 0.396 e. The van der Waals surface area contributed by atoms with Crippen LogP contribution in [0.1, 0.15) is 48.4 Å². The molecule has 0 saturated heterocycles. The van der Waals surface area contributed by atoms with E-state index in [1.165, 1.54) is 35.1 Å². The molecule has 0 aliphatic carbocycles. The first-order valence-electron chi connectivity index (χ1n) is 7.46.